The molecular formula is C14H13ClFN. The number of halogens is 2. The van der Waals surface area contributed by atoms with Gasteiger partial charge in [-0.2, -0.15) is 0 Å². The molecule has 0 radical (unpaired) electrons. The normalized spacial score (nSPS) is 10.6. The number of benzene rings is 2. The zero-order chi connectivity index (χ0) is 12.4. The number of hydrogen-bond acceptors (Lipinski definition) is 1. The summed E-state index contributed by atoms with van der Waals surface area (Å²) in [6, 6.07) is 10.7. The first-order chi connectivity index (χ1) is 8.11. The van der Waals surface area contributed by atoms with Crippen LogP contribution in [-0.4, -0.2) is 0 Å². The fourth-order valence-electron chi connectivity index (χ4n) is 1.73. The Bertz CT molecular complexity index is 552. The van der Waals surface area contributed by atoms with Gasteiger partial charge in [-0.1, -0.05) is 23.7 Å². The molecule has 17 heavy (non-hydrogen) atoms. The lowest BCUT2D eigenvalue weighted by molar-refractivity contribution is 0.619. The van der Waals surface area contributed by atoms with Crippen LogP contribution in [0, 0.1) is 12.7 Å². The van der Waals surface area contributed by atoms with Crippen molar-refractivity contribution >= 4 is 11.6 Å². The number of rotatable bonds is 2. The molecule has 3 heteroatoms. The molecule has 0 saturated heterocycles. The summed E-state index contributed by atoms with van der Waals surface area (Å²) in [4.78, 5) is 0. The monoisotopic (exact) mass is 249 g/mol. The van der Waals surface area contributed by atoms with Crippen LogP contribution in [0.25, 0.3) is 11.1 Å². The third kappa shape index (κ3) is 2.48. The van der Waals surface area contributed by atoms with Crippen LogP contribution in [0.4, 0.5) is 4.39 Å². The zero-order valence-electron chi connectivity index (χ0n) is 9.50. The molecule has 0 spiro atoms. The lowest BCUT2D eigenvalue weighted by atomic mass is 10.0. The molecule has 2 aromatic carbocycles. The van der Waals surface area contributed by atoms with Gasteiger partial charge in [-0.25, -0.2) is 4.39 Å². The maximum Gasteiger partial charge on any atom is 0.126 e. The molecule has 2 N–H and O–H groups in total. The highest BCUT2D eigenvalue weighted by Crippen LogP contribution is 2.26. The molecule has 0 atom stereocenters. The second kappa shape index (κ2) is 4.86. The fourth-order valence-corrected chi connectivity index (χ4v) is 1.93. The smallest absolute Gasteiger partial charge is 0.126 e. The van der Waals surface area contributed by atoms with Crippen LogP contribution < -0.4 is 5.73 Å². The first-order valence-electron chi connectivity index (χ1n) is 5.37. The van der Waals surface area contributed by atoms with E-state index in [0.717, 1.165) is 16.7 Å². The maximum absolute atomic E-state index is 13.2. The highest BCUT2D eigenvalue weighted by atomic mass is 35.5. The van der Waals surface area contributed by atoms with E-state index in [1.165, 1.54) is 6.07 Å². The van der Waals surface area contributed by atoms with Gasteiger partial charge in [-0.3, -0.25) is 0 Å². The standard InChI is InChI=1S/C14H13ClFN/c1-9-6-10(3-5-14(9)16)11-2-4-13(15)12(7-11)8-17/h2-7H,8,17H2,1H3. The van der Waals surface area contributed by atoms with Crippen LogP contribution in [-0.2, 0) is 6.54 Å². The van der Waals surface area contributed by atoms with Crippen LogP contribution in [0.15, 0.2) is 36.4 Å². The van der Waals surface area contributed by atoms with E-state index in [4.69, 9.17) is 17.3 Å². The molecule has 0 fully saturated rings. The lowest BCUT2D eigenvalue weighted by Gasteiger charge is -2.07. The molecule has 2 aromatic rings. The predicted molar refractivity (Wildman–Crippen MR) is 69.5 cm³/mol. The highest BCUT2D eigenvalue weighted by Gasteiger charge is 2.04. The largest absolute Gasteiger partial charge is 0.326 e. The molecular weight excluding hydrogens is 237 g/mol. The Balaban J connectivity index is 2.49. The van der Waals surface area contributed by atoms with E-state index >= 15 is 0 Å². The van der Waals surface area contributed by atoms with Crippen molar-refractivity contribution in [1.82, 2.24) is 0 Å². The van der Waals surface area contributed by atoms with Gasteiger partial charge in [0.15, 0.2) is 0 Å². The summed E-state index contributed by atoms with van der Waals surface area (Å²) in [5.74, 6) is -0.193. The van der Waals surface area contributed by atoms with Gasteiger partial charge >= 0.3 is 0 Å². The summed E-state index contributed by atoms with van der Waals surface area (Å²) < 4.78 is 13.2. The predicted octanol–water partition coefficient (Wildman–Crippen LogP) is 3.91. The van der Waals surface area contributed by atoms with Gasteiger partial charge in [0.05, 0.1) is 0 Å². The van der Waals surface area contributed by atoms with E-state index < -0.39 is 0 Å². The Labute approximate surface area is 105 Å². The lowest BCUT2D eigenvalue weighted by Crippen LogP contribution is -1.97. The van der Waals surface area contributed by atoms with Crippen molar-refractivity contribution in [2.45, 2.75) is 13.5 Å². The average molecular weight is 250 g/mol. The Morgan fingerprint density at radius 3 is 2.41 bits per heavy atom. The number of aryl methyl sites for hydroxylation is 1. The summed E-state index contributed by atoms with van der Waals surface area (Å²) in [5, 5.41) is 0.662. The van der Waals surface area contributed by atoms with Gasteiger partial charge in [0.2, 0.25) is 0 Å². The van der Waals surface area contributed by atoms with Crippen molar-refractivity contribution in [3.05, 3.63) is 58.4 Å². The van der Waals surface area contributed by atoms with E-state index in [9.17, 15) is 4.39 Å². The van der Waals surface area contributed by atoms with Gasteiger partial charge in [0.1, 0.15) is 5.82 Å². The SMILES string of the molecule is Cc1cc(-c2ccc(Cl)c(CN)c2)ccc1F. The highest BCUT2D eigenvalue weighted by molar-refractivity contribution is 6.31. The van der Waals surface area contributed by atoms with Crippen molar-refractivity contribution in [3.63, 3.8) is 0 Å². The Morgan fingerprint density at radius 1 is 1.12 bits per heavy atom. The fraction of sp³-hybridized carbons (Fsp3) is 0.143. The van der Waals surface area contributed by atoms with Crippen molar-refractivity contribution in [2.24, 2.45) is 5.73 Å². The van der Waals surface area contributed by atoms with Gasteiger partial charge < -0.3 is 5.73 Å². The first kappa shape index (κ1) is 12.1. The molecule has 0 aliphatic rings. The van der Waals surface area contributed by atoms with Gasteiger partial charge in [0.25, 0.3) is 0 Å². The minimum absolute atomic E-state index is 0.193. The molecule has 0 aliphatic heterocycles. The summed E-state index contributed by atoms with van der Waals surface area (Å²) in [6.07, 6.45) is 0. The van der Waals surface area contributed by atoms with Crippen LogP contribution in [0.2, 0.25) is 5.02 Å². The van der Waals surface area contributed by atoms with E-state index in [0.29, 0.717) is 17.1 Å². The van der Waals surface area contributed by atoms with Crippen LogP contribution in [0.1, 0.15) is 11.1 Å². The molecule has 0 unspecified atom stereocenters. The Morgan fingerprint density at radius 2 is 1.76 bits per heavy atom. The van der Waals surface area contributed by atoms with Crippen LogP contribution in [0.5, 0.6) is 0 Å². The van der Waals surface area contributed by atoms with Crippen molar-refractivity contribution in [2.75, 3.05) is 0 Å². The van der Waals surface area contributed by atoms with Gasteiger partial charge in [0, 0.05) is 11.6 Å². The second-order valence-electron chi connectivity index (χ2n) is 3.97. The van der Waals surface area contributed by atoms with E-state index in [1.807, 2.05) is 24.3 Å². The summed E-state index contributed by atoms with van der Waals surface area (Å²) in [5.41, 5.74) is 9.10. The molecule has 0 amide bonds. The molecule has 0 bridgehead atoms. The Kier molecular flexibility index (Phi) is 3.46. The first-order valence-corrected chi connectivity index (χ1v) is 5.74. The zero-order valence-corrected chi connectivity index (χ0v) is 10.3. The molecule has 0 heterocycles. The van der Waals surface area contributed by atoms with Crippen LogP contribution in [0.3, 0.4) is 0 Å². The minimum Gasteiger partial charge on any atom is -0.326 e. The van der Waals surface area contributed by atoms with Crippen molar-refractivity contribution in [1.29, 1.82) is 0 Å². The Hall–Kier alpha value is -1.38. The van der Waals surface area contributed by atoms with Crippen molar-refractivity contribution < 1.29 is 4.39 Å². The third-order valence-corrected chi connectivity index (χ3v) is 3.13. The minimum atomic E-state index is -0.193. The van der Waals surface area contributed by atoms with Gasteiger partial charge in [-0.15, -0.1) is 0 Å². The molecule has 88 valence electrons. The second-order valence-corrected chi connectivity index (χ2v) is 4.38. The van der Waals surface area contributed by atoms with E-state index in [1.54, 1.807) is 13.0 Å². The average Bonchev–Trinajstić information content (AvgIpc) is 2.33. The third-order valence-electron chi connectivity index (χ3n) is 2.76. The number of hydrogen-bond donors (Lipinski definition) is 1. The maximum atomic E-state index is 13.2. The summed E-state index contributed by atoms with van der Waals surface area (Å²) in [6.45, 7) is 2.14. The summed E-state index contributed by atoms with van der Waals surface area (Å²) >= 11 is 6.00. The topological polar surface area (TPSA) is 26.0 Å². The van der Waals surface area contributed by atoms with Crippen molar-refractivity contribution in [3.8, 4) is 11.1 Å². The molecule has 0 saturated carbocycles. The molecule has 0 aromatic heterocycles. The van der Waals surface area contributed by atoms with Crippen LogP contribution >= 0.6 is 11.6 Å². The quantitative estimate of drug-likeness (QED) is 0.858. The number of nitrogens with two attached hydrogens (primary N) is 1. The van der Waals surface area contributed by atoms with Gasteiger partial charge in [-0.05, 0) is 53.4 Å². The van der Waals surface area contributed by atoms with E-state index in [-0.39, 0.29) is 5.82 Å². The molecule has 2 rings (SSSR count). The molecule has 1 nitrogen and oxygen atoms in total. The summed E-state index contributed by atoms with van der Waals surface area (Å²) in [7, 11) is 0. The van der Waals surface area contributed by atoms with E-state index in [2.05, 4.69) is 0 Å². The molecule has 0 aliphatic carbocycles.